The van der Waals surface area contributed by atoms with Crippen molar-refractivity contribution in [2.75, 3.05) is 6.61 Å². The van der Waals surface area contributed by atoms with Crippen molar-refractivity contribution < 1.29 is 19.1 Å². The fourth-order valence-electron chi connectivity index (χ4n) is 3.95. The van der Waals surface area contributed by atoms with Crippen molar-refractivity contribution in [1.29, 1.82) is 0 Å². The van der Waals surface area contributed by atoms with E-state index in [0.29, 0.717) is 25.6 Å². The third-order valence-corrected chi connectivity index (χ3v) is 5.35. The predicted octanol–water partition coefficient (Wildman–Crippen LogP) is 5.10. The first-order valence-electron chi connectivity index (χ1n) is 10.5. The van der Waals surface area contributed by atoms with Crippen molar-refractivity contribution >= 4 is 11.8 Å². The van der Waals surface area contributed by atoms with Gasteiger partial charge < -0.3 is 9.47 Å². The number of hydrogen-bond donors (Lipinski definition) is 0. The lowest BCUT2D eigenvalue weighted by molar-refractivity contribution is -0.160. The summed E-state index contributed by atoms with van der Waals surface area (Å²) < 4.78 is 10.7. The minimum Gasteiger partial charge on any atom is -0.461 e. The molecular weight excluding hydrogens is 352 g/mol. The molecule has 1 aromatic rings. The molecule has 1 unspecified atom stereocenters. The van der Waals surface area contributed by atoms with E-state index in [4.69, 9.17) is 9.47 Å². The van der Waals surface area contributed by atoms with E-state index in [9.17, 15) is 9.59 Å². The Morgan fingerprint density at radius 2 is 1.96 bits per heavy atom. The van der Waals surface area contributed by atoms with E-state index >= 15 is 0 Å². The third kappa shape index (κ3) is 7.23. The molecule has 1 saturated heterocycles. The van der Waals surface area contributed by atoms with E-state index in [1.807, 2.05) is 0 Å². The number of aryl methyl sites for hydroxylation is 2. The highest BCUT2D eigenvalue weighted by Gasteiger charge is 2.34. The van der Waals surface area contributed by atoms with Gasteiger partial charge in [-0.2, -0.15) is 0 Å². The standard InChI is InChI=1S/C14H20O.C10H14O3/c1-4-6-13-10-12(3)7-8-14(13)11-15-9-5-2;11-8-5-9(13-10(12)6-8)7-3-1-2-4-7/h5,7-8,10H,2,4,6,9,11H2,1,3H3;7,9H,1-6H2. The zero-order valence-corrected chi connectivity index (χ0v) is 17.4. The maximum atomic E-state index is 11.1. The average molecular weight is 387 g/mol. The summed E-state index contributed by atoms with van der Waals surface area (Å²) in [6.45, 7) is 9.30. The van der Waals surface area contributed by atoms with Gasteiger partial charge in [0.15, 0.2) is 0 Å². The van der Waals surface area contributed by atoms with Gasteiger partial charge in [-0.1, -0.05) is 56.0 Å². The Balaban J connectivity index is 0.000000202. The molecule has 3 rings (SSSR count). The van der Waals surface area contributed by atoms with E-state index in [2.05, 4.69) is 38.6 Å². The number of esters is 1. The van der Waals surface area contributed by atoms with Crippen LogP contribution in [0, 0.1) is 12.8 Å². The molecule has 1 aliphatic heterocycles. The van der Waals surface area contributed by atoms with Gasteiger partial charge in [0.2, 0.25) is 0 Å². The molecule has 28 heavy (non-hydrogen) atoms. The largest absolute Gasteiger partial charge is 0.461 e. The molecule has 4 nitrogen and oxygen atoms in total. The molecule has 0 radical (unpaired) electrons. The zero-order chi connectivity index (χ0) is 20.4. The van der Waals surface area contributed by atoms with E-state index < -0.39 is 0 Å². The smallest absolute Gasteiger partial charge is 0.313 e. The first-order valence-corrected chi connectivity index (χ1v) is 10.5. The van der Waals surface area contributed by atoms with Crippen molar-refractivity contribution in [2.45, 2.75) is 77.9 Å². The lowest BCUT2D eigenvalue weighted by atomic mass is 9.94. The molecule has 1 saturated carbocycles. The summed E-state index contributed by atoms with van der Waals surface area (Å²) in [6, 6.07) is 6.57. The van der Waals surface area contributed by atoms with Crippen LogP contribution in [0.15, 0.2) is 30.9 Å². The van der Waals surface area contributed by atoms with Crippen molar-refractivity contribution in [3.8, 4) is 0 Å². The molecular formula is C24H34O4. The molecule has 0 N–H and O–H groups in total. The monoisotopic (exact) mass is 386 g/mol. The number of benzene rings is 1. The second-order valence-electron chi connectivity index (χ2n) is 7.82. The number of cyclic esters (lactones) is 1. The first-order chi connectivity index (χ1) is 13.5. The average Bonchev–Trinajstić information content (AvgIpc) is 3.19. The molecule has 0 amide bonds. The van der Waals surface area contributed by atoms with Crippen LogP contribution in [0.25, 0.3) is 0 Å². The SMILES string of the molecule is C=CCOCc1ccc(C)cc1CCC.O=C1CC(=O)OC(C2CCCC2)C1. The van der Waals surface area contributed by atoms with Crippen LogP contribution < -0.4 is 0 Å². The number of ether oxygens (including phenoxy) is 2. The van der Waals surface area contributed by atoms with Crippen LogP contribution in [-0.4, -0.2) is 24.5 Å². The Morgan fingerprint density at radius 1 is 1.21 bits per heavy atom. The number of ketones is 1. The summed E-state index contributed by atoms with van der Waals surface area (Å²) in [7, 11) is 0. The van der Waals surface area contributed by atoms with Crippen LogP contribution in [0.3, 0.4) is 0 Å². The van der Waals surface area contributed by atoms with Crippen molar-refractivity contribution in [1.82, 2.24) is 0 Å². The van der Waals surface area contributed by atoms with E-state index in [1.165, 1.54) is 36.0 Å². The van der Waals surface area contributed by atoms with E-state index in [1.54, 1.807) is 6.08 Å². The Bertz CT molecular complexity index is 643. The van der Waals surface area contributed by atoms with Crippen molar-refractivity contribution in [3.63, 3.8) is 0 Å². The predicted molar refractivity (Wildman–Crippen MR) is 111 cm³/mol. The van der Waals surface area contributed by atoms with Gasteiger partial charge in [-0.3, -0.25) is 9.59 Å². The van der Waals surface area contributed by atoms with E-state index in [0.717, 1.165) is 19.3 Å². The van der Waals surface area contributed by atoms with Gasteiger partial charge in [0.1, 0.15) is 18.3 Å². The van der Waals surface area contributed by atoms with Crippen LogP contribution in [-0.2, 0) is 32.1 Å². The Labute approximate surface area is 169 Å². The molecule has 1 heterocycles. The topological polar surface area (TPSA) is 52.6 Å². The number of rotatable bonds is 7. The molecule has 0 spiro atoms. The second-order valence-corrected chi connectivity index (χ2v) is 7.82. The molecule has 0 bridgehead atoms. The fraction of sp³-hybridized carbons (Fsp3) is 0.583. The van der Waals surface area contributed by atoms with Gasteiger partial charge in [0, 0.05) is 6.42 Å². The normalized spacial score (nSPS) is 19.7. The van der Waals surface area contributed by atoms with Gasteiger partial charge in [-0.15, -0.1) is 6.58 Å². The lowest BCUT2D eigenvalue weighted by Crippen LogP contribution is -2.34. The quantitative estimate of drug-likeness (QED) is 0.283. The van der Waals surface area contributed by atoms with Gasteiger partial charge in [-0.25, -0.2) is 0 Å². The van der Waals surface area contributed by atoms with Crippen molar-refractivity contribution in [2.24, 2.45) is 5.92 Å². The molecule has 2 aliphatic rings. The summed E-state index contributed by atoms with van der Waals surface area (Å²) in [5, 5.41) is 0. The van der Waals surface area contributed by atoms with Crippen LogP contribution in [0.1, 0.15) is 68.6 Å². The minimum absolute atomic E-state index is 0.0107. The van der Waals surface area contributed by atoms with Crippen molar-refractivity contribution in [3.05, 3.63) is 47.5 Å². The number of carbonyl (C=O) groups is 2. The highest BCUT2D eigenvalue weighted by Crippen LogP contribution is 2.32. The molecule has 1 aromatic carbocycles. The van der Waals surface area contributed by atoms with Gasteiger partial charge in [0.05, 0.1) is 13.2 Å². The summed E-state index contributed by atoms with van der Waals surface area (Å²) >= 11 is 0. The summed E-state index contributed by atoms with van der Waals surface area (Å²) in [4.78, 5) is 22.1. The Morgan fingerprint density at radius 3 is 2.61 bits per heavy atom. The summed E-state index contributed by atoms with van der Waals surface area (Å²) in [6.07, 6.45) is 9.10. The van der Waals surface area contributed by atoms with E-state index in [-0.39, 0.29) is 24.3 Å². The second kappa shape index (κ2) is 11.8. The number of carbonyl (C=O) groups excluding carboxylic acids is 2. The number of Topliss-reactive ketones (excluding diaryl/α,β-unsaturated/α-hetero) is 1. The maximum absolute atomic E-state index is 11.1. The molecule has 4 heteroatoms. The van der Waals surface area contributed by atoms with Gasteiger partial charge in [-0.05, 0) is 43.2 Å². The zero-order valence-electron chi connectivity index (χ0n) is 17.4. The Kier molecular flexibility index (Phi) is 9.42. The molecule has 1 atom stereocenters. The van der Waals surface area contributed by atoms with Crippen LogP contribution >= 0.6 is 0 Å². The lowest BCUT2D eigenvalue weighted by Gasteiger charge is -2.26. The minimum atomic E-state index is -0.326. The van der Waals surface area contributed by atoms with Crippen LogP contribution in [0.5, 0.6) is 0 Å². The highest BCUT2D eigenvalue weighted by molar-refractivity contribution is 5.97. The molecule has 2 fully saturated rings. The summed E-state index contributed by atoms with van der Waals surface area (Å²) in [5.74, 6) is 0.175. The van der Waals surface area contributed by atoms with Crippen LogP contribution in [0.2, 0.25) is 0 Å². The van der Waals surface area contributed by atoms with Gasteiger partial charge in [0.25, 0.3) is 0 Å². The number of hydrogen-bond acceptors (Lipinski definition) is 4. The first kappa shape index (κ1) is 22.4. The molecule has 0 aromatic heterocycles. The Hall–Kier alpha value is -1.94. The summed E-state index contributed by atoms with van der Waals surface area (Å²) in [5.41, 5.74) is 4.05. The molecule has 154 valence electrons. The molecule has 1 aliphatic carbocycles. The van der Waals surface area contributed by atoms with Crippen LogP contribution in [0.4, 0.5) is 0 Å². The highest BCUT2D eigenvalue weighted by atomic mass is 16.5. The third-order valence-electron chi connectivity index (χ3n) is 5.35. The maximum Gasteiger partial charge on any atom is 0.313 e. The fourth-order valence-corrected chi connectivity index (χ4v) is 3.95. The van der Waals surface area contributed by atoms with Gasteiger partial charge >= 0.3 is 5.97 Å².